The van der Waals surface area contributed by atoms with Crippen molar-refractivity contribution < 1.29 is 0 Å². The van der Waals surface area contributed by atoms with E-state index >= 15 is 0 Å². The van der Waals surface area contributed by atoms with Gasteiger partial charge in [-0.05, 0) is 105 Å². The van der Waals surface area contributed by atoms with Crippen molar-refractivity contribution in [2.75, 3.05) is 11.2 Å². The zero-order valence-electron chi connectivity index (χ0n) is 23.0. The van der Waals surface area contributed by atoms with E-state index < -0.39 is 0 Å². The summed E-state index contributed by atoms with van der Waals surface area (Å²) in [7, 11) is 0. The summed E-state index contributed by atoms with van der Waals surface area (Å²) in [6.45, 7) is 6.78. The second-order valence-corrected chi connectivity index (χ2v) is 12.0. The highest BCUT2D eigenvalue weighted by Gasteiger charge is 2.17. The Morgan fingerprint density at radius 3 is 1.85 bits per heavy atom. The number of fused-ring (bicyclic) bond motifs is 2. The molecule has 0 radical (unpaired) electrons. The Kier molecular flexibility index (Phi) is 6.66. The van der Waals surface area contributed by atoms with Gasteiger partial charge in [-0.3, -0.25) is 0 Å². The van der Waals surface area contributed by atoms with E-state index in [1.807, 2.05) is 11.8 Å². The highest BCUT2D eigenvalue weighted by molar-refractivity contribution is 7.98. The Hall–Kier alpha value is -4.01. The van der Waals surface area contributed by atoms with Gasteiger partial charge in [0.15, 0.2) is 0 Å². The van der Waals surface area contributed by atoms with Crippen LogP contribution < -0.4 is 4.90 Å². The SMILES string of the molecule is CSc1cc2cc(N(c3ccccc3)c3ccc(C(C)(C)C)cc3)ccc2cc1-c1ccc2ccccc2c1. The quantitative estimate of drug-likeness (QED) is 0.207. The zero-order valence-corrected chi connectivity index (χ0v) is 23.8. The van der Waals surface area contributed by atoms with Gasteiger partial charge in [0.05, 0.1) is 0 Å². The van der Waals surface area contributed by atoms with Crippen molar-refractivity contribution in [1.29, 1.82) is 0 Å². The number of para-hydroxylation sites is 1. The number of hydrogen-bond donors (Lipinski definition) is 0. The molecular formula is C37H33NS. The lowest BCUT2D eigenvalue weighted by Crippen LogP contribution is -2.13. The van der Waals surface area contributed by atoms with Crippen LogP contribution in [0.4, 0.5) is 17.1 Å². The summed E-state index contributed by atoms with van der Waals surface area (Å²) in [6, 6.07) is 46.5. The average molecular weight is 524 g/mol. The predicted octanol–water partition coefficient (Wildman–Crippen LogP) is 11.1. The summed E-state index contributed by atoms with van der Waals surface area (Å²) in [5, 5.41) is 5.03. The fourth-order valence-corrected chi connectivity index (χ4v) is 5.93. The van der Waals surface area contributed by atoms with Gasteiger partial charge in [0.25, 0.3) is 0 Å². The maximum Gasteiger partial charge on any atom is 0.0468 e. The third-order valence-corrected chi connectivity index (χ3v) is 8.24. The van der Waals surface area contributed by atoms with Crippen LogP contribution in [0.2, 0.25) is 0 Å². The second kappa shape index (κ2) is 10.3. The van der Waals surface area contributed by atoms with Gasteiger partial charge in [-0.25, -0.2) is 0 Å². The molecule has 39 heavy (non-hydrogen) atoms. The molecule has 6 aromatic carbocycles. The molecule has 0 aromatic heterocycles. The molecule has 6 rings (SSSR count). The highest BCUT2D eigenvalue weighted by Crippen LogP contribution is 2.40. The summed E-state index contributed by atoms with van der Waals surface area (Å²) < 4.78 is 0. The van der Waals surface area contributed by atoms with E-state index in [1.165, 1.54) is 43.1 Å². The molecule has 0 bridgehead atoms. The molecule has 0 aliphatic carbocycles. The summed E-state index contributed by atoms with van der Waals surface area (Å²) in [6.07, 6.45) is 2.17. The lowest BCUT2D eigenvalue weighted by atomic mass is 9.87. The van der Waals surface area contributed by atoms with E-state index in [-0.39, 0.29) is 5.41 Å². The van der Waals surface area contributed by atoms with Gasteiger partial charge in [-0.15, -0.1) is 11.8 Å². The number of benzene rings is 6. The molecular weight excluding hydrogens is 490 g/mol. The first-order valence-corrected chi connectivity index (χ1v) is 14.7. The molecule has 0 fully saturated rings. The van der Waals surface area contributed by atoms with Crippen molar-refractivity contribution in [2.45, 2.75) is 31.1 Å². The van der Waals surface area contributed by atoms with Crippen molar-refractivity contribution in [3.8, 4) is 11.1 Å². The van der Waals surface area contributed by atoms with Crippen molar-refractivity contribution in [1.82, 2.24) is 0 Å². The summed E-state index contributed by atoms with van der Waals surface area (Å²) >= 11 is 1.81. The van der Waals surface area contributed by atoms with Crippen molar-refractivity contribution in [2.24, 2.45) is 0 Å². The fraction of sp³-hybridized carbons (Fsp3) is 0.135. The number of nitrogens with zero attached hydrogens (tertiary/aromatic N) is 1. The molecule has 0 amide bonds. The molecule has 192 valence electrons. The van der Waals surface area contributed by atoms with Crippen LogP contribution in [0.1, 0.15) is 26.3 Å². The van der Waals surface area contributed by atoms with E-state index in [9.17, 15) is 0 Å². The molecule has 0 N–H and O–H groups in total. The maximum absolute atomic E-state index is 2.35. The third kappa shape index (κ3) is 5.05. The minimum atomic E-state index is 0.121. The third-order valence-electron chi connectivity index (χ3n) is 7.47. The minimum Gasteiger partial charge on any atom is -0.310 e. The predicted molar refractivity (Wildman–Crippen MR) is 172 cm³/mol. The first kappa shape index (κ1) is 25.3. The van der Waals surface area contributed by atoms with Gasteiger partial charge >= 0.3 is 0 Å². The second-order valence-electron chi connectivity index (χ2n) is 11.1. The lowest BCUT2D eigenvalue weighted by molar-refractivity contribution is 0.590. The number of anilines is 3. The summed E-state index contributed by atoms with van der Waals surface area (Å²) in [5.74, 6) is 0. The maximum atomic E-state index is 2.35. The lowest BCUT2D eigenvalue weighted by Gasteiger charge is -2.27. The van der Waals surface area contributed by atoms with E-state index in [2.05, 4.69) is 159 Å². The summed E-state index contributed by atoms with van der Waals surface area (Å²) in [5.41, 5.74) is 7.46. The van der Waals surface area contributed by atoms with Crippen LogP contribution in [-0.2, 0) is 5.41 Å². The molecule has 0 saturated heterocycles. The Balaban J connectivity index is 1.46. The van der Waals surface area contributed by atoms with Gasteiger partial charge in [-0.2, -0.15) is 0 Å². The van der Waals surface area contributed by atoms with Gasteiger partial charge in [0, 0.05) is 22.0 Å². The molecule has 0 heterocycles. The van der Waals surface area contributed by atoms with E-state index in [4.69, 9.17) is 0 Å². The van der Waals surface area contributed by atoms with Gasteiger partial charge in [0.1, 0.15) is 0 Å². The van der Waals surface area contributed by atoms with Crippen LogP contribution in [-0.4, -0.2) is 6.26 Å². The molecule has 2 heteroatoms. The first-order valence-electron chi connectivity index (χ1n) is 13.5. The smallest absolute Gasteiger partial charge is 0.0468 e. The molecule has 6 aromatic rings. The van der Waals surface area contributed by atoms with Gasteiger partial charge in [-0.1, -0.05) is 93.6 Å². The van der Waals surface area contributed by atoms with Crippen LogP contribution in [0.5, 0.6) is 0 Å². The zero-order chi connectivity index (χ0) is 27.0. The normalized spacial score (nSPS) is 11.7. The van der Waals surface area contributed by atoms with Crippen LogP contribution >= 0.6 is 11.8 Å². The van der Waals surface area contributed by atoms with Gasteiger partial charge < -0.3 is 4.90 Å². The van der Waals surface area contributed by atoms with Crippen LogP contribution in [0.3, 0.4) is 0 Å². The number of thioether (sulfide) groups is 1. The summed E-state index contributed by atoms with van der Waals surface area (Å²) in [4.78, 5) is 3.64. The Morgan fingerprint density at radius 1 is 0.513 bits per heavy atom. The van der Waals surface area contributed by atoms with Crippen LogP contribution in [0, 0.1) is 0 Å². The largest absolute Gasteiger partial charge is 0.310 e. The van der Waals surface area contributed by atoms with E-state index in [1.54, 1.807) is 0 Å². The Labute approximate surface area is 236 Å². The average Bonchev–Trinajstić information content (AvgIpc) is 2.96. The Bertz CT molecular complexity index is 1760. The molecule has 0 unspecified atom stereocenters. The Morgan fingerprint density at radius 2 is 1.13 bits per heavy atom. The van der Waals surface area contributed by atoms with Crippen molar-refractivity contribution in [3.05, 3.63) is 133 Å². The van der Waals surface area contributed by atoms with E-state index in [0.29, 0.717) is 0 Å². The monoisotopic (exact) mass is 523 g/mol. The van der Waals surface area contributed by atoms with Crippen LogP contribution in [0.25, 0.3) is 32.7 Å². The van der Waals surface area contributed by atoms with Crippen molar-refractivity contribution in [3.63, 3.8) is 0 Å². The topological polar surface area (TPSA) is 3.24 Å². The standard InChI is InChI=1S/C37H33NS/c1-37(2,3)31-17-20-33(21-18-31)38(32-12-6-5-7-13-32)34-19-16-28-24-35(36(39-4)25-30(28)23-34)29-15-14-26-10-8-9-11-27(26)22-29/h5-25H,1-4H3. The molecule has 0 atom stereocenters. The molecule has 0 aliphatic rings. The molecule has 0 saturated carbocycles. The molecule has 0 spiro atoms. The molecule has 1 nitrogen and oxygen atoms in total. The fourth-order valence-electron chi connectivity index (χ4n) is 5.29. The first-order chi connectivity index (χ1) is 18.9. The molecule has 0 aliphatic heterocycles. The van der Waals surface area contributed by atoms with Crippen LogP contribution in [0.15, 0.2) is 132 Å². The van der Waals surface area contributed by atoms with E-state index in [0.717, 1.165) is 17.1 Å². The minimum absolute atomic E-state index is 0.121. The number of hydrogen-bond acceptors (Lipinski definition) is 2. The highest BCUT2D eigenvalue weighted by atomic mass is 32.2. The van der Waals surface area contributed by atoms with Gasteiger partial charge in [0.2, 0.25) is 0 Å². The number of rotatable bonds is 5. The van der Waals surface area contributed by atoms with Crippen molar-refractivity contribution >= 4 is 50.4 Å².